The summed E-state index contributed by atoms with van der Waals surface area (Å²) in [6, 6.07) is -0.637. The normalized spacial score (nSPS) is 13.3. The first-order chi connectivity index (χ1) is 27.2. The Morgan fingerprint density at radius 1 is 0.436 bits per heavy atom. The minimum atomic E-state index is -0.860. The molecule has 0 aromatic carbocycles. The summed E-state index contributed by atoms with van der Waals surface area (Å²) in [5.74, 6) is -0.0731. The molecule has 0 radical (unpaired) electrons. The van der Waals surface area contributed by atoms with Crippen molar-refractivity contribution >= 4 is 5.91 Å². The first-order valence-corrected chi connectivity index (χ1v) is 24.4. The average molecular weight is 770 g/mol. The van der Waals surface area contributed by atoms with Gasteiger partial charge in [0.05, 0.1) is 18.8 Å². The van der Waals surface area contributed by atoms with Gasteiger partial charge >= 0.3 is 0 Å². The van der Waals surface area contributed by atoms with Crippen LogP contribution in [0.2, 0.25) is 0 Å². The van der Waals surface area contributed by atoms with E-state index >= 15 is 0 Å². The van der Waals surface area contributed by atoms with Gasteiger partial charge in [-0.3, -0.25) is 4.79 Å². The summed E-state index contributed by atoms with van der Waals surface area (Å²) in [5, 5.41) is 23.0. The van der Waals surface area contributed by atoms with Crippen molar-refractivity contribution in [1.29, 1.82) is 0 Å². The van der Waals surface area contributed by atoms with E-state index in [1.165, 1.54) is 193 Å². The topological polar surface area (TPSA) is 69.6 Å². The number of unbranched alkanes of at least 4 members (excludes halogenated alkanes) is 31. The summed E-state index contributed by atoms with van der Waals surface area (Å²) in [6.07, 6.45) is 63.9. The third-order valence-corrected chi connectivity index (χ3v) is 11.0. The summed E-state index contributed by atoms with van der Waals surface area (Å²) in [6.45, 7) is 4.27. The van der Waals surface area contributed by atoms with Crippen LogP contribution in [0.5, 0.6) is 0 Å². The molecule has 322 valence electrons. The molecule has 55 heavy (non-hydrogen) atoms. The summed E-state index contributed by atoms with van der Waals surface area (Å²) in [5.41, 5.74) is 0. The lowest BCUT2D eigenvalue weighted by molar-refractivity contribution is -0.123. The molecule has 2 unspecified atom stereocenters. The highest BCUT2D eigenvalue weighted by Crippen LogP contribution is 2.16. The third-order valence-electron chi connectivity index (χ3n) is 11.0. The molecule has 0 bridgehead atoms. The van der Waals surface area contributed by atoms with Crippen LogP contribution < -0.4 is 5.32 Å². The van der Waals surface area contributed by atoms with Crippen molar-refractivity contribution in [3.63, 3.8) is 0 Å². The zero-order valence-electron chi connectivity index (χ0n) is 36.9. The molecule has 4 nitrogen and oxygen atoms in total. The highest BCUT2D eigenvalue weighted by atomic mass is 16.3. The molecule has 0 saturated heterocycles. The van der Waals surface area contributed by atoms with Crippen LogP contribution in [0.1, 0.15) is 251 Å². The number of aliphatic hydroxyl groups excluding tert-OH is 2. The molecule has 0 spiro atoms. The number of rotatable bonds is 44. The van der Waals surface area contributed by atoms with Gasteiger partial charge in [0.1, 0.15) is 0 Å². The summed E-state index contributed by atoms with van der Waals surface area (Å²) >= 11 is 0. The van der Waals surface area contributed by atoms with Crippen molar-refractivity contribution in [3.05, 3.63) is 48.6 Å². The van der Waals surface area contributed by atoms with Crippen molar-refractivity contribution in [2.75, 3.05) is 6.61 Å². The molecule has 4 heteroatoms. The van der Waals surface area contributed by atoms with Crippen molar-refractivity contribution < 1.29 is 15.0 Å². The number of carbonyl (C=O) groups excluding carboxylic acids is 1. The number of hydrogen-bond acceptors (Lipinski definition) is 3. The predicted octanol–water partition coefficient (Wildman–Crippen LogP) is 15.5. The van der Waals surface area contributed by atoms with Crippen LogP contribution in [0.15, 0.2) is 48.6 Å². The van der Waals surface area contributed by atoms with Crippen LogP contribution in [-0.4, -0.2) is 34.9 Å². The number of allylic oxidation sites excluding steroid dienone is 7. The van der Waals surface area contributed by atoms with E-state index in [1.807, 2.05) is 6.08 Å². The Kier molecular flexibility index (Phi) is 45.3. The van der Waals surface area contributed by atoms with Crippen molar-refractivity contribution in [2.24, 2.45) is 0 Å². The first kappa shape index (κ1) is 53.4. The Labute approximate surface area is 344 Å². The van der Waals surface area contributed by atoms with Gasteiger partial charge in [0, 0.05) is 6.42 Å². The molecule has 0 rings (SSSR count). The van der Waals surface area contributed by atoms with E-state index in [0.717, 1.165) is 38.5 Å². The Hall–Kier alpha value is -1.65. The van der Waals surface area contributed by atoms with Gasteiger partial charge in [0.25, 0.3) is 0 Å². The van der Waals surface area contributed by atoms with Crippen molar-refractivity contribution in [3.8, 4) is 0 Å². The fraction of sp³-hybridized carbons (Fsp3) is 0.824. The quantitative estimate of drug-likeness (QED) is 0.0427. The second-order valence-electron chi connectivity index (χ2n) is 16.5. The average Bonchev–Trinajstić information content (AvgIpc) is 3.19. The zero-order valence-corrected chi connectivity index (χ0v) is 36.9. The zero-order chi connectivity index (χ0) is 40.0. The molecule has 3 N–H and O–H groups in total. The lowest BCUT2D eigenvalue weighted by Crippen LogP contribution is -2.45. The van der Waals surface area contributed by atoms with Crippen molar-refractivity contribution in [1.82, 2.24) is 5.32 Å². The monoisotopic (exact) mass is 770 g/mol. The second-order valence-corrected chi connectivity index (χ2v) is 16.5. The van der Waals surface area contributed by atoms with Crippen LogP contribution in [0.25, 0.3) is 0 Å². The SMILES string of the molecule is CCCCCCC/C=C\C/C=C\CCCCCCCCCCCCCCCCCCCCCC(=O)NC(CO)C(O)/C=C/CC/C=C/CCCCCCCC. The predicted molar refractivity (Wildman–Crippen MR) is 244 cm³/mol. The maximum Gasteiger partial charge on any atom is 0.220 e. The fourth-order valence-electron chi connectivity index (χ4n) is 7.28. The lowest BCUT2D eigenvalue weighted by Gasteiger charge is -2.19. The van der Waals surface area contributed by atoms with E-state index in [1.54, 1.807) is 6.08 Å². The van der Waals surface area contributed by atoms with Crippen LogP contribution in [0.4, 0.5) is 0 Å². The highest BCUT2D eigenvalue weighted by molar-refractivity contribution is 5.76. The second kappa shape index (κ2) is 46.7. The van der Waals surface area contributed by atoms with Gasteiger partial charge in [-0.25, -0.2) is 0 Å². The van der Waals surface area contributed by atoms with Gasteiger partial charge in [-0.2, -0.15) is 0 Å². The molecule has 2 atom stereocenters. The maximum atomic E-state index is 12.4. The molecule has 0 aliphatic heterocycles. The van der Waals surface area contributed by atoms with Crippen LogP contribution >= 0.6 is 0 Å². The van der Waals surface area contributed by atoms with Gasteiger partial charge in [-0.05, 0) is 64.2 Å². The smallest absolute Gasteiger partial charge is 0.220 e. The maximum absolute atomic E-state index is 12.4. The summed E-state index contributed by atoms with van der Waals surface area (Å²) < 4.78 is 0. The Morgan fingerprint density at radius 3 is 1.16 bits per heavy atom. The first-order valence-electron chi connectivity index (χ1n) is 24.4. The van der Waals surface area contributed by atoms with E-state index in [4.69, 9.17) is 0 Å². The molecule has 0 aromatic heterocycles. The molecular formula is C51H95NO3. The largest absolute Gasteiger partial charge is 0.394 e. The van der Waals surface area contributed by atoms with E-state index in [0.29, 0.717) is 6.42 Å². The van der Waals surface area contributed by atoms with Gasteiger partial charge in [-0.15, -0.1) is 0 Å². The number of carbonyl (C=O) groups is 1. The Morgan fingerprint density at radius 2 is 0.764 bits per heavy atom. The van der Waals surface area contributed by atoms with Crippen LogP contribution in [0, 0.1) is 0 Å². The van der Waals surface area contributed by atoms with E-state index in [2.05, 4.69) is 55.6 Å². The van der Waals surface area contributed by atoms with Gasteiger partial charge < -0.3 is 15.5 Å². The minimum Gasteiger partial charge on any atom is -0.394 e. The molecule has 0 aliphatic carbocycles. The molecular weight excluding hydrogens is 675 g/mol. The highest BCUT2D eigenvalue weighted by Gasteiger charge is 2.17. The third kappa shape index (κ3) is 43.3. The minimum absolute atomic E-state index is 0.0731. The summed E-state index contributed by atoms with van der Waals surface area (Å²) in [4.78, 5) is 12.4. The summed E-state index contributed by atoms with van der Waals surface area (Å²) in [7, 11) is 0. The molecule has 0 aromatic rings. The van der Waals surface area contributed by atoms with Gasteiger partial charge in [0.2, 0.25) is 5.91 Å². The lowest BCUT2D eigenvalue weighted by atomic mass is 10.0. The van der Waals surface area contributed by atoms with E-state index < -0.39 is 12.1 Å². The van der Waals surface area contributed by atoms with Gasteiger partial charge in [-0.1, -0.05) is 229 Å². The fourth-order valence-corrected chi connectivity index (χ4v) is 7.28. The standard InChI is InChI=1S/C51H95NO3/c1-3-5-7-9-11-13-15-17-18-19-20-21-22-23-24-25-26-27-28-29-30-31-32-33-34-35-37-39-41-43-45-47-51(55)52-49(48-53)50(54)46-44-42-40-38-36-16-14-12-10-8-6-4-2/h15,17,19-20,36,38,44,46,49-50,53-54H,3-14,16,18,21-35,37,39-43,45,47-48H2,1-2H3,(H,52,55)/b17-15-,20-19-,38-36+,46-44+. The molecule has 0 fully saturated rings. The molecule has 1 amide bonds. The van der Waals surface area contributed by atoms with E-state index in [-0.39, 0.29) is 12.5 Å². The Bertz CT molecular complexity index is 877. The van der Waals surface area contributed by atoms with Gasteiger partial charge in [0.15, 0.2) is 0 Å². The van der Waals surface area contributed by atoms with Crippen molar-refractivity contribution in [2.45, 2.75) is 264 Å². The molecule has 0 aliphatic rings. The molecule has 0 heterocycles. The number of hydrogen-bond donors (Lipinski definition) is 3. The number of amides is 1. The molecule has 0 saturated carbocycles. The number of nitrogens with one attached hydrogen (secondary N) is 1. The van der Waals surface area contributed by atoms with E-state index in [9.17, 15) is 15.0 Å². The van der Waals surface area contributed by atoms with Crippen LogP contribution in [0.3, 0.4) is 0 Å². The van der Waals surface area contributed by atoms with Crippen LogP contribution in [-0.2, 0) is 4.79 Å². The Balaban J connectivity index is 3.46. The number of aliphatic hydroxyl groups is 2.